The van der Waals surface area contributed by atoms with Gasteiger partial charge in [-0.2, -0.15) is 9.45 Å². The van der Waals surface area contributed by atoms with Crippen LogP contribution in [0.1, 0.15) is 17.2 Å². The summed E-state index contributed by atoms with van der Waals surface area (Å²) in [6, 6.07) is 6.41. The van der Waals surface area contributed by atoms with E-state index in [1.165, 1.54) is 30.5 Å². The third-order valence-corrected chi connectivity index (χ3v) is 5.05. The van der Waals surface area contributed by atoms with E-state index in [4.69, 9.17) is 0 Å². The zero-order valence-corrected chi connectivity index (χ0v) is 16.0. The largest absolute Gasteiger partial charge is 0.573 e. The highest BCUT2D eigenvalue weighted by Gasteiger charge is 2.44. The molecule has 0 spiro atoms. The van der Waals surface area contributed by atoms with E-state index in [9.17, 15) is 27.6 Å². The van der Waals surface area contributed by atoms with Crippen LogP contribution in [0.2, 0.25) is 0 Å². The number of benzene rings is 1. The van der Waals surface area contributed by atoms with Gasteiger partial charge in [0.25, 0.3) is 0 Å². The fourth-order valence-electron chi connectivity index (χ4n) is 3.74. The Hall–Kier alpha value is -3.24. The summed E-state index contributed by atoms with van der Waals surface area (Å²) in [6.07, 6.45) is 0.995. The quantitative estimate of drug-likeness (QED) is 0.583. The van der Waals surface area contributed by atoms with Crippen LogP contribution in [0.5, 0.6) is 5.75 Å². The summed E-state index contributed by atoms with van der Waals surface area (Å²) in [6.45, 7) is 0.345. The zero-order chi connectivity index (χ0) is 22.2. The molecule has 2 atom stereocenters. The molecule has 0 radical (unpaired) electrons. The molecule has 31 heavy (non-hydrogen) atoms. The molecule has 1 aromatic heterocycles. The average Bonchev–Trinajstić information content (AvgIpc) is 2.72. The summed E-state index contributed by atoms with van der Waals surface area (Å²) in [5, 5.41) is 11.8. The number of hydrogen-bond donors (Lipinski definition) is 1. The fourth-order valence-corrected chi connectivity index (χ4v) is 3.74. The van der Waals surface area contributed by atoms with Crippen LogP contribution in [-0.4, -0.2) is 45.0 Å². The maximum Gasteiger partial charge on any atom is 0.573 e. The number of hydrogen-bond acceptors (Lipinski definition) is 6. The number of allylic oxidation sites excluding steroid dienone is 2. The van der Waals surface area contributed by atoms with Gasteiger partial charge in [0.2, 0.25) is 11.7 Å². The summed E-state index contributed by atoms with van der Waals surface area (Å²) in [5.74, 6) is -1.61. The molecule has 1 saturated heterocycles. The molecule has 2 aliphatic heterocycles. The minimum atomic E-state index is -4.89. The van der Waals surface area contributed by atoms with Gasteiger partial charge in [-0.15, -0.1) is 13.2 Å². The third-order valence-electron chi connectivity index (χ3n) is 5.05. The molecule has 0 aliphatic carbocycles. The van der Waals surface area contributed by atoms with E-state index >= 15 is 0 Å². The van der Waals surface area contributed by atoms with Crippen LogP contribution < -0.4 is 4.74 Å². The van der Waals surface area contributed by atoms with Crippen LogP contribution in [0.4, 0.5) is 17.6 Å². The summed E-state index contributed by atoms with van der Waals surface area (Å²) in [7, 11) is 0. The van der Waals surface area contributed by atoms with Crippen LogP contribution in [0, 0.1) is 5.95 Å². The molecule has 0 saturated carbocycles. The maximum absolute atomic E-state index is 13.2. The molecule has 1 N–H and O–H groups in total. The first kappa shape index (κ1) is 21.0. The smallest absolute Gasteiger partial charge is 0.406 e. The van der Waals surface area contributed by atoms with Crippen molar-refractivity contribution in [3.05, 3.63) is 83.6 Å². The fraction of sp³-hybridized carbons (Fsp3) is 0.238. The van der Waals surface area contributed by atoms with E-state index in [1.54, 1.807) is 23.1 Å². The number of ether oxygens (including phenoxy) is 1. The lowest BCUT2D eigenvalue weighted by Crippen LogP contribution is -2.57. The number of rotatable bonds is 4. The highest BCUT2D eigenvalue weighted by atomic mass is 19.4. The van der Waals surface area contributed by atoms with Crippen molar-refractivity contribution in [2.24, 2.45) is 0 Å². The predicted octanol–water partition coefficient (Wildman–Crippen LogP) is 3.76. The number of halogens is 4. The van der Waals surface area contributed by atoms with Crippen molar-refractivity contribution in [1.29, 1.82) is 0 Å². The van der Waals surface area contributed by atoms with E-state index in [2.05, 4.69) is 9.72 Å². The van der Waals surface area contributed by atoms with E-state index in [-0.39, 0.29) is 12.0 Å². The number of nitrogens with zero attached hydrogens (tertiary/aromatic N) is 3. The van der Waals surface area contributed by atoms with Crippen LogP contribution in [-0.2, 0) is 11.2 Å². The van der Waals surface area contributed by atoms with Crippen molar-refractivity contribution in [3.8, 4) is 5.75 Å². The molecule has 0 bridgehead atoms. The summed E-state index contributed by atoms with van der Waals surface area (Å²) < 4.78 is 55.0. The Bertz CT molecular complexity index is 1040. The molecule has 2 unspecified atom stereocenters. The second-order valence-corrected chi connectivity index (χ2v) is 7.07. The lowest BCUT2D eigenvalue weighted by Gasteiger charge is -2.47. The van der Waals surface area contributed by atoms with E-state index in [0.29, 0.717) is 17.8 Å². The number of hydroxylamine groups is 2. The number of aromatic nitrogens is 1. The molecule has 1 aromatic carbocycles. The van der Waals surface area contributed by atoms with Gasteiger partial charge in [0, 0.05) is 19.2 Å². The van der Waals surface area contributed by atoms with E-state index in [0.717, 1.165) is 17.2 Å². The summed E-state index contributed by atoms with van der Waals surface area (Å²) in [4.78, 5) is 18.4. The van der Waals surface area contributed by atoms with Gasteiger partial charge in [-0.05, 0) is 35.4 Å². The number of carbonyl (C=O) groups is 1. The second kappa shape index (κ2) is 8.12. The van der Waals surface area contributed by atoms with Gasteiger partial charge in [-0.1, -0.05) is 30.4 Å². The number of alkyl halides is 3. The number of fused-ring (bicyclic) bond motifs is 1. The molecule has 2 aromatic rings. The highest BCUT2D eigenvalue weighted by molar-refractivity contribution is 6.00. The SMILES string of the molecule is O=C1C2=CC=CCN2C(Cc2ccc(F)nc2)N(O)C1c1cccc(OC(F)(F)F)c1. The van der Waals surface area contributed by atoms with Crippen molar-refractivity contribution in [3.63, 3.8) is 0 Å². The molecule has 6 nitrogen and oxygen atoms in total. The van der Waals surface area contributed by atoms with Crippen molar-refractivity contribution < 1.29 is 32.3 Å². The minimum Gasteiger partial charge on any atom is -0.406 e. The Kier molecular flexibility index (Phi) is 5.50. The van der Waals surface area contributed by atoms with Crippen LogP contribution in [0.15, 0.2) is 66.5 Å². The first-order valence-corrected chi connectivity index (χ1v) is 9.34. The molecule has 1 fully saturated rings. The Morgan fingerprint density at radius 3 is 2.74 bits per heavy atom. The summed E-state index contributed by atoms with van der Waals surface area (Å²) >= 11 is 0. The standard InChI is InChI=1S/C21H17F4N3O3/c22-17-8-7-13(12-26-17)10-18-27-9-2-1-6-16(27)20(29)19(28(18)30)14-4-3-5-15(11-14)31-21(23,24)25/h1-8,11-12,18-19,30H,9-10H2. The Morgan fingerprint density at radius 2 is 2.03 bits per heavy atom. The van der Waals surface area contributed by atoms with Crippen molar-refractivity contribution in [1.82, 2.24) is 14.9 Å². The molecule has 3 heterocycles. The molecular formula is C21H17F4N3O3. The molecule has 0 amide bonds. The van der Waals surface area contributed by atoms with Gasteiger partial charge >= 0.3 is 6.36 Å². The zero-order valence-electron chi connectivity index (χ0n) is 16.0. The van der Waals surface area contributed by atoms with Gasteiger partial charge in [-0.25, -0.2) is 4.98 Å². The maximum atomic E-state index is 13.2. The monoisotopic (exact) mass is 435 g/mol. The molecule has 4 rings (SSSR count). The average molecular weight is 435 g/mol. The second-order valence-electron chi connectivity index (χ2n) is 7.07. The molecular weight excluding hydrogens is 418 g/mol. The predicted molar refractivity (Wildman–Crippen MR) is 100 cm³/mol. The molecule has 2 aliphatic rings. The van der Waals surface area contributed by atoms with Gasteiger partial charge in [0.15, 0.2) is 0 Å². The number of pyridine rings is 1. The first-order valence-electron chi connectivity index (χ1n) is 9.34. The summed E-state index contributed by atoms with van der Waals surface area (Å²) in [5.41, 5.74) is 1.08. The van der Waals surface area contributed by atoms with Crippen LogP contribution in [0.25, 0.3) is 0 Å². The topological polar surface area (TPSA) is 65.9 Å². The minimum absolute atomic E-state index is 0.145. The van der Waals surface area contributed by atoms with E-state index in [1.807, 2.05) is 0 Å². The Labute approximate surface area is 174 Å². The van der Waals surface area contributed by atoms with Gasteiger partial charge in [-0.3, -0.25) is 4.79 Å². The van der Waals surface area contributed by atoms with E-state index < -0.39 is 36.1 Å². The number of ketones is 1. The Balaban J connectivity index is 1.70. The van der Waals surface area contributed by atoms with Crippen LogP contribution >= 0.6 is 0 Å². The number of carbonyl (C=O) groups excluding carboxylic acids is 1. The lowest BCUT2D eigenvalue weighted by atomic mass is 9.93. The highest BCUT2D eigenvalue weighted by Crippen LogP contribution is 2.37. The molecule has 162 valence electrons. The number of Topliss-reactive ketones (excluding diaryl/α,β-unsaturated/α-hetero) is 1. The first-order chi connectivity index (χ1) is 14.7. The van der Waals surface area contributed by atoms with Crippen molar-refractivity contribution >= 4 is 5.78 Å². The van der Waals surface area contributed by atoms with Crippen molar-refractivity contribution in [2.45, 2.75) is 25.0 Å². The Morgan fingerprint density at radius 1 is 1.23 bits per heavy atom. The third kappa shape index (κ3) is 4.44. The van der Waals surface area contributed by atoms with Crippen molar-refractivity contribution in [2.75, 3.05) is 6.54 Å². The van der Waals surface area contributed by atoms with Crippen LogP contribution in [0.3, 0.4) is 0 Å². The van der Waals surface area contributed by atoms with Gasteiger partial charge in [0.05, 0.1) is 5.70 Å². The van der Waals surface area contributed by atoms with Gasteiger partial charge in [0.1, 0.15) is 18.0 Å². The normalized spacial score (nSPS) is 21.6. The molecule has 10 heteroatoms. The van der Waals surface area contributed by atoms with Gasteiger partial charge < -0.3 is 14.8 Å². The lowest BCUT2D eigenvalue weighted by molar-refractivity contribution is -0.274.